The Kier molecular flexibility index (Phi) is 4.83. The number of carbonyl (C=O) groups excluding carboxylic acids is 1. The van der Waals surface area contributed by atoms with Crippen molar-refractivity contribution in [3.05, 3.63) is 40.5 Å². The number of amides is 1. The zero-order valence-corrected chi connectivity index (χ0v) is 12.5. The molecule has 1 amide bonds. The number of hydrogen-bond donors (Lipinski definition) is 2. The van der Waals surface area contributed by atoms with E-state index in [2.05, 4.69) is 11.4 Å². The van der Waals surface area contributed by atoms with Crippen LogP contribution in [0.5, 0.6) is 0 Å². The number of anilines is 1. The van der Waals surface area contributed by atoms with Crippen LogP contribution >= 0.6 is 0 Å². The first kappa shape index (κ1) is 14.6. The molecule has 3 N–H and O–H groups in total. The van der Waals surface area contributed by atoms with Gasteiger partial charge in [0.05, 0.1) is 0 Å². The van der Waals surface area contributed by atoms with Gasteiger partial charge in [-0.3, -0.25) is 4.79 Å². The Morgan fingerprint density at radius 1 is 1.25 bits per heavy atom. The van der Waals surface area contributed by atoms with Crippen LogP contribution in [0.4, 0.5) is 5.69 Å². The Bertz CT molecular complexity index is 532. The lowest BCUT2D eigenvalue weighted by Crippen LogP contribution is -2.25. The van der Waals surface area contributed by atoms with Crippen LogP contribution in [-0.2, 0) is 0 Å². The molecular formula is C17H24N2O. The van der Waals surface area contributed by atoms with E-state index in [-0.39, 0.29) is 5.91 Å². The van der Waals surface area contributed by atoms with E-state index >= 15 is 0 Å². The van der Waals surface area contributed by atoms with Gasteiger partial charge in [-0.2, -0.15) is 0 Å². The van der Waals surface area contributed by atoms with Crippen molar-refractivity contribution in [3.8, 4) is 0 Å². The topological polar surface area (TPSA) is 55.1 Å². The number of nitrogen functional groups attached to an aromatic ring is 1. The van der Waals surface area contributed by atoms with Gasteiger partial charge in [0, 0.05) is 17.8 Å². The second kappa shape index (κ2) is 6.60. The lowest BCUT2D eigenvalue weighted by molar-refractivity contribution is 0.0953. The van der Waals surface area contributed by atoms with Crippen LogP contribution in [-0.4, -0.2) is 12.5 Å². The summed E-state index contributed by atoms with van der Waals surface area (Å²) in [6.45, 7) is 4.61. The molecule has 0 aromatic heterocycles. The van der Waals surface area contributed by atoms with Crippen molar-refractivity contribution >= 4 is 11.6 Å². The van der Waals surface area contributed by atoms with Crippen molar-refractivity contribution in [2.24, 2.45) is 0 Å². The molecule has 0 radical (unpaired) electrons. The Morgan fingerprint density at radius 2 is 2.05 bits per heavy atom. The fourth-order valence-corrected chi connectivity index (χ4v) is 2.68. The molecule has 108 valence electrons. The average molecular weight is 272 g/mol. The van der Waals surface area contributed by atoms with Crippen LogP contribution in [0.25, 0.3) is 0 Å². The second-order valence-corrected chi connectivity index (χ2v) is 5.64. The molecule has 1 aliphatic carbocycles. The van der Waals surface area contributed by atoms with E-state index < -0.39 is 0 Å². The van der Waals surface area contributed by atoms with Crippen LogP contribution in [0, 0.1) is 13.8 Å². The predicted octanol–water partition coefficient (Wildman–Crippen LogP) is 3.51. The molecule has 1 aliphatic rings. The van der Waals surface area contributed by atoms with Crippen molar-refractivity contribution < 1.29 is 4.79 Å². The fourth-order valence-electron chi connectivity index (χ4n) is 2.68. The molecule has 20 heavy (non-hydrogen) atoms. The van der Waals surface area contributed by atoms with Crippen molar-refractivity contribution in [2.75, 3.05) is 12.3 Å². The molecule has 0 heterocycles. The van der Waals surface area contributed by atoms with Gasteiger partial charge in [-0.05, 0) is 63.1 Å². The summed E-state index contributed by atoms with van der Waals surface area (Å²) in [5.74, 6) is -0.0226. The molecule has 0 atom stereocenters. The minimum absolute atomic E-state index is 0.0226. The largest absolute Gasteiger partial charge is 0.398 e. The predicted molar refractivity (Wildman–Crippen MR) is 83.8 cm³/mol. The average Bonchev–Trinajstić information content (AvgIpc) is 2.44. The van der Waals surface area contributed by atoms with Gasteiger partial charge in [-0.25, -0.2) is 0 Å². The standard InChI is InChI=1S/C17H24N2O/c1-12-10-13(2)16(18)11-15(12)17(20)19-9-8-14-6-4-3-5-7-14/h6,10-11H,3-5,7-9,18H2,1-2H3,(H,19,20). The first-order chi connectivity index (χ1) is 9.58. The smallest absolute Gasteiger partial charge is 0.251 e. The molecule has 1 aromatic carbocycles. The minimum Gasteiger partial charge on any atom is -0.398 e. The van der Waals surface area contributed by atoms with E-state index in [9.17, 15) is 4.79 Å². The molecule has 2 rings (SSSR count). The summed E-state index contributed by atoms with van der Waals surface area (Å²) in [7, 11) is 0. The van der Waals surface area contributed by atoms with Crippen LogP contribution < -0.4 is 11.1 Å². The fraction of sp³-hybridized carbons (Fsp3) is 0.471. The summed E-state index contributed by atoms with van der Waals surface area (Å²) < 4.78 is 0. The summed E-state index contributed by atoms with van der Waals surface area (Å²) in [5.41, 5.74) is 10.7. The van der Waals surface area contributed by atoms with E-state index in [1.807, 2.05) is 19.9 Å². The maximum atomic E-state index is 12.2. The number of allylic oxidation sites excluding steroid dienone is 1. The zero-order chi connectivity index (χ0) is 14.5. The number of hydrogen-bond acceptors (Lipinski definition) is 2. The van der Waals surface area contributed by atoms with E-state index in [4.69, 9.17) is 5.73 Å². The number of rotatable bonds is 4. The first-order valence-electron chi connectivity index (χ1n) is 7.41. The number of nitrogens with two attached hydrogens (primary N) is 1. The molecule has 0 fully saturated rings. The highest BCUT2D eigenvalue weighted by atomic mass is 16.1. The third-order valence-corrected chi connectivity index (χ3v) is 3.97. The lowest BCUT2D eigenvalue weighted by Gasteiger charge is -2.14. The highest BCUT2D eigenvalue weighted by molar-refractivity contribution is 5.96. The Balaban J connectivity index is 1.92. The summed E-state index contributed by atoms with van der Waals surface area (Å²) in [4.78, 5) is 12.2. The summed E-state index contributed by atoms with van der Waals surface area (Å²) in [6.07, 6.45) is 8.26. The van der Waals surface area contributed by atoms with Gasteiger partial charge in [-0.1, -0.05) is 17.7 Å². The van der Waals surface area contributed by atoms with Crippen molar-refractivity contribution in [3.63, 3.8) is 0 Å². The van der Waals surface area contributed by atoms with Gasteiger partial charge >= 0.3 is 0 Å². The van der Waals surface area contributed by atoms with E-state index in [0.717, 1.165) is 17.5 Å². The number of aryl methyl sites for hydroxylation is 2. The van der Waals surface area contributed by atoms with Crippen LogP contribution in [0.3, 0.4) is 0 Å². The van der Waals surface area contributed by atoms with Gasteiger partial charge in [-0.15, -0.1) is 0 Å². The Hall–Kier alpha value is -1.77. The molecule has 0 saturated carbocycles. The molecule has 1 aromatic rings. The maximum Gasteiger partial charge on any atom is 0.251 e. The highest BCUT2D eigenvalue weighted by Gasteiger charge is 2.11. The van der Waals surface area contributed by atoms with Gasteiger partial charge in [0.2, 0.25) is 0 Å². The SMILES string of the molecule is Cc1cc(C)c(C(=O)NCCC2=CCCCC2)cc1N. The number of benzene rings is 1. The molecular weight excluding hydrogens is 248 g/mol. The highest BCUT2D eigenvalue weighted by Crippen LogP contribution is 2.20. The van der Waals surface area contributed by atoms with Gasteiger partial charge < -0.3 is 11.1 Å². The van der Waals surface area contributed by atoms with Crippen molar-refractivity contribution in [1.29, 1.82) is 0 Å². The van der Waals surface area contributed by atoms with Crippen LogP contribution in [0.15, 0.2) is 23.8 Å². The van der Waals surface area contributed by atoms with Gasteiger partial charge in [0.25, 0.3) is 5.91 Å². The van der Waals surface area contributed by atoms with E-state index in [1.165, 1.54) is 31.3 Å². The molecule has 0 aliphatic heterocycles. The molecule has 0 saturated heterocycles. The van der Waals surface area contributed by atoms with Crippen molar-refractivity contribution in [2.45, 2.75) is 46.0 Å². The van der Waals surface area contributed by atoms with Crippen molar-refractivity contribution in [1.82, 2.24) is 5.32 Å². The molecule has 0 unspecified atom stereocenters. The van der Waals surface area contributed by atoms with Gasteiger partial charge in [0.15, 0.2) is 0 Å². The Morgan fingerprint density at radius 3 is 2.75 bits per heavy atom. The lowest BCUT2D eigenvalue weighted by atomic mass is 9.97. The normalized spacial score (nSPS) is 14.8. The maximum absolute atomic E-state index is 12.2. The van der Waals surface area contributed by atoms with E-state index in [0.29, 0.717) is 17.8 Å². The number of carbonyl (C=O) groups is 1. The third-order valence-electron chi connectivity index (χ3n) is 3.97. The van der Waals surface area contributed by atoms with E-state index in [1.54, 1.807) is 6.07 Å². The molecule has 0 spiro atoms. The van der Waals surface area contributed by atoms with Crippen LogP contribution in [0.1, 0.15) is 53.6 Å². The summed E-state index contributed by atoms with van der Waals surface area (Å²) in [5, 5.41) is 3.00. The quantitative estimate of drug-likeness (QED) is 0.651. The third kappa shape index (κ3) is 3.62. The first-order valence-corrected chi connectivity index (χ1v) is 7.41. The zero-order valence-electron chi connectivity index (χ0n) is 12.5. The van der Waals surface area contributed by atoms with Crippen LogP contribution in [0.2, 0.25) is 0 Å². The monoisotopic (exact) mass is 272 g/mol. The Labute approximate surface area is 121 Å². The second-order valence-electron chi connectivity index (χ2n) is 5.64. The summed E-state index contributed by atoms with van der Waals surface area (Å²) in [6, 6.07) is 3.74. The molecule has 3 heteroatoms. The molecule has 3 nitrogen and oxygen atoms in total. The molecule has 0 bridgehead atoms. The van der Waals surface area contributed by atoms with Gasteiger partial charge in [0.1, 0.15) is 0 Å². The summed E-state index contributed by atoms with van der Waals surface area (Å²) >= 11 is 0. The number of nitrogens with one attached hydrogen (secondary N) is 1. The minimum atomic E-state index is -0.0226.